The van der Waals surface area contributed by atoms with Gasteiger partial charge in [-0.1, -0.05) is 19.9 Å². The molecule has 142 valence electrons. The minimum atomic E-state index is -3.78. The largest absolute Gasteiger partial charge is 0.465 e. The highest BCUT2D eigenvalue weighted by molar-refractivity contribution is 7.89. The van der Waals surface area contributed by atoms with Crippen LogP contribution >= 0.6 is 0 Å². The summed E-state index contributed by atoms with van der Waals surface area (Å²) in [6, 6.07) is 4.61. The summed E-state index contributed by atoms with van der Waals surface area (Å²) < 4.78 is 25.2. The molecule has 25 heavy (non-hydrogen) atoms. The van der Waals surface area contributed by atoms with Crippen molar-refractivity contribution in [1.29, 1.82) is 0 Å². The number of benzene rings is 1. The first kappa shape index (κ1) is 21.4. The Balaban J connectivity index is 2.84. The van der Waals surface area contributed by atoms with Gasteiger partial charge in [-0.2, -0.15) is 0 Å². The highest BCUT2D eigenvalue weighted by Gasteiger charge is 2.20. The number of sulfonamides is 1. The fourth-order valence-corrected chi connectivity index (χ4v) is 3.44. The van der Waals surface area contributed by atoms with E-state index >= 15 is 0 Å². The van der Waals surface area contributed by atoms with Gasteiger partial charge in [0.2, 0.25) is 0 Å². The van der Waals surface area contributed by atoms with Gasteiger partial charge in [0.1, 0.15) is 0 Å². The number of hydrazine groups is 1. The molecule has 0 radical (unpaired) electrons. The Morgan fingerprint density at radius 1 is 1.32 bits per heavy atom. The second-order valence-electron chi connectivity index (χ2n) is 6.27. The fourth-order valence-electron chi connectivity index (χ4n) is 2.29. The van der Waals surface area contributed by atoms with Crippen LogP contribution in [0.25, 0.3) is 0 Å². The van der Waals surface area contributed by atoms with Gasteiger partial charge in [-0.05, 0) is 42.5 Å². The van der Waals surface area contributed by atoms with Crippen LogP contribution in [0.5, 0.6) is 0 Å². The first-order chi connectivity index (χ1) is 11.7. The lowest BCUT2D eigenvalue weighted by Crippen LogP contribution is -2.45. The van der Waals surface area contributed by atoms with Crippen LogP contribution in [0.1, 0.15) is 31.4 Å². The standard InChI is InChI=1S/C16H27N3O5S/c1-12(2)10-19(8-4-7-17-16(21)22)18-25(23,24)15-6-5-13(3)14(9-15)11-20/h5-6,9,12,17-18,20H,4,7-8,10-11H2,1-3H3,(H,21,22). The monoisotopic (exact) mass is 373 g/mol. The Hall–Kier alpha value is -1.68. The quantitative estimate of drug-likeness (QED) is 0.362. The molecule has 0 fully saturated rings. The maximum Gasteiger partial charge on any atom is 0.404 e. The number of aliphatic hydroxyl groups is 1. The van der Waals surface area contributed by atoms with Gasteiger partial charge in [0, 0.05) is 19.6 Å². The predicted molar refractivity (Wildman–Crippen MR) is 94.5 cm³/mol. The number of hydrogen-bond acceptors (Lipinski definition) is 5. The summed E-state index contributed by atoms with van der Waals surface area (Å²) in [5, 5.41) is 21.7. The van der Waals surface area contributed by atoms with Gasteiger partial charge < -0.3 is 15.5 Å². The van der Waals surface area contributed by atoms with E-state index in [0.717, 1.165) is 5.56 Å². The summed E-state index contributed by atoms with van der Waals surface area (Å²) in [5.74, 6) is 0.223. The summed E-state index contributed by atoms with van der Waals surface area (Å²) in [5.41, 5.74) is 1.38. The van der Waals surface area contributed by atoms with Gasteiger partial charge >= 0.3 is 6.09 Å². The molecule has 0 aliphatic carbocycles. The molecule has 1 aromatic rings. The number of hydrogen-bond donors (Lipinski definition) is 4. The van der Waals surface area contributed by atoms with Gasteiger partial charge in [-0.25, -0.2) is 18.2 Å². The Bertz CT molecular complexity index is 676. The Morgan fingerprint density at radius 3 is 2.56 bits per heavy atom. The minimum absolute atomic E-state index is 0.0829. The number of aryl methyl sites for hydroxylation is 1. The van der Waals surface area contributed by atoms with Crippen molar-refractivity contribution in [1.82, 2.24) is 15.2 Å². The second kappa shape index (κ2) is 9.71. The van der Waals surface area contributed by atoms with Crippen molar-refractivity contribution in [2.45, 2.75) is 38.7 Å². The van der Waals surface area contributed by atoms with E-state index in [-0.39, 0.29) is 24.0 Å². The number of rotatable bonds is 10. The molecule has 4 N–H and O–H groups in total. The zero-order chi connectivity index (χ0) is 19.0. The van der Waals surface area contributed by atoms with Gasteiger partial charge in [-0.15, -0.1) is 4.83 Å². The van der Waals surface area contributed by atoms with Crippen LogP contribution in [-0.4, -0.2) is 49.4 Å². The summed E-state index contributed by atoms with van der Waals surface area (Å²) in [4.78, 5) is 13.1. The zero-order valence-electron chi connectivity index (χ0n) is 14.8. The Labute approximate surface area is 148 Å². The Morgan fingerprint density at radius 2 is 2.00 bits per heavy atom. The van der Waals surface area contributed by atoms with Crippen LogP contribution in [0.15, 0.2) is 23.1 Å². The number of aliphatic hydroxyl groups excluding tert-OH is 1. The second-order valence-corrected chi connectivity index (χ2v) is 7.93. The van der Waals surface area contributed by atoms with E-state index in [4.69, 9.17) is 5.11 Å². The average Bonchev–Trinajstić information content (AvgIpc) is 2.50. The first-order valence-electron chi connectivity index (χ1n) is 8.10. The van der Waals surface area contributed by atoms with Crippen LogP contribution in [0.2, 0.25) is 0 Å². The topological polar surface area (TPSA) is 119 Å². The third-order valence-electron chi connectivity index (χ3n) is 3.52. The van der Waals surface area contributed by atoms with Crippen LogP contribution in [0.3, 0.4) is 0 Å². The van der Waals surface area contributed by atoms with Crippen molar-refractivity contribution < 1.29 is 23.4 Å². The van der Waals surface area contributed by atoms with E-state index in [2.05, 4.69) is 10.1 Å². The maximum atomic E-state index is 12.6. The van der Waals surface area contributed by atoms with E-state index in [0.29, 0.717) is 25.1 Å². The van der Waals surface area contributed by atoms with Gasteiger partial charge in [-0.3, -0.25) is 0 Å². The number of amides is 1. The van der Waals surface area contributed by atoms with Crippen molar-refractivity contribution in [2.24, 2.45) is 5.92 Å². The van der Waals surface area contributed by atoms with Crippen LogP contribution in [0, 0.1) is 12.8 Å². The summed E-state index contributed by atoms with van der Waals surface area (Å²) >= 11 is 0. The van der Waals surface area contributed by atoms with Gasteiger partial charge in [0.25, 0.3) is 10.0 Å². The van der Waals surface area contributed by atoms with Crippen LogP contribution < -0.4 is 10.1 Å². The highest BCUT2D eigenvalue weighted by atomic mass is 32.2. The lowest BCUT2D eigenvalue weighted by Gasteiger charge is -2.25. The molecule has 0 aliphatic heterocycles. The molecule has 0 heterocycles. The number of carbonyl (C=O) groups is 1. The first-order valence-corrected chi connectivity index (χ1v) is 9.58. The molecule has 0 saturated carbocycles. The number of nitrogens with one attached hydrogen (secondary N) is 2. The molecular formula is C16H27N3O5S. The molecule has 0 atom stereocenters. The van der Waals surface area contributed by atoms with Gasteiger partial charge in [0.15, 0.2) is 0 Å². The van der Waals surface area contributed by atoms with E-state index < -0.39 is 16.1 Å². The SMILES string of the molecule is Cc1ccc(S(=O)(=O)NN(CCCNC(=O)O)CC(C)C)cc1CO. The summed E-state index contributed by atoms with van der Waals surface area (Å²) in [7, 11) is -3.78. The van der Waals surface area contributed by atoms with Crippen molar-refractivity contribution in [2.75, 3.05) is 19.6 Å². The molecule has 1 amide bonds. The van der Waals surface area contributed by atoms with Crippen molar-refractivity contribution in [3.8, 4) is 0 Å². The van der Waals surface area contributed by atoms with Crippen LogP contribution in [0.4, 0.5) is 4.79 Å². The fraction of sp³-hybridized carbons (Fsp3) is 0.562. The third-order valence-corrected chi connectivity index (χ3v) is 4.89. The molecular weight excluding hydrogens is 346 g/mol. The predicted octanol–water partition coefficient (Wildman–Crippen LogP) is 1.30. The molecule has 1 rings (SSSR count). The molecule has 0 aromatic heterocycles. The van der Waals surface area contributed by atoms with E-state index in [1.54, 1.807) is 18.0 Å². The van der Waals surface area contributed by atoms with Crippen molar-refractivity contribution in [3.05, 3.63) is 29.3 Å². The molecule has 0 saturated heterocycles. The minimum Gasteiger partial charge on any atom is -0.465 e. The third kappa shape index (κ3) is 7.39. The van der Waals surface area contributed by atoms with E-state index in [1.165, 1.54) is 12.1 Å². The van der Waals surface area contributed by atoms with Crippen molar-refractivity contribution >= 4 is 16.1 Å². The van der Waals surface area contributed by atoms with Crippen LogP contribution in [-0.2, 0) is 16.6 Å². The molecule has 9 heteroatoms. The average molecular weight is 373 g/mol. The van der Waals surface area contributed by atoms with Gasteiger partial charge in [0.05, 0.1) is 11.5 Å². The number of carboxylic acid groups (broad SMARTS) is 1. The summed E-state index contributed by atoms with van der Waals surface area (Å²) in [6.45, 7) is 6.60. The van der Waals surface area contributed by atoms with Crippen molar-refractivity contribution in [3.63, 3.8) is 0 Å². The zero-order valence-corrected chi connectivity index (χ0v) is 15.6. The molecule has 0 aliphatic rings. The molecule has 0 spiro atoms. The maximum absolute atomic E-state index is 12.6. The lowest BCUT2D eigenvalue weighted by molar-refractivity contribution is 0.189. The Kier molecular flexibility index (Phi) is 8.30. The van der Waals surface area contributed by atoms with E-state index in [9.17, 15) is 18.3 Å². The summed E-state index contributed by atoms with van der Waals surface area (Å²) in [6.07, 6.45) is -0.635. The highest BCUT2D eigenvalue weighted by Crippen LogP contribution is 2.16. The normalized spacial score (nSPS) is 11.9. The molecule has 0 bridgehead atoms. The molecule has 0 unspecified atom stereocenters. The smallest absolute Gasteiger partial charge is 0.404 e. The molecule has 8 nitrogen and oxygen atoms in total. The lowest BCUT2D eigenvalue weighted by atomic mass is 10.1. The molecule has 1 aromatic carbocycles. The van der Waals surface area contributed by atoms with E-state index in [1.807, 2.05) is 13.8 Å². The number of nitrogens with zero attached hydrogens (tertiary/aromatic N) is 1.